The molecule has 1 amide bonds. The summed E-state index contributed by atoms with van der Waals surface area (Å²) in [6.45, 7) is 2.25. The topological polar surface area (TPSA) is 71.3 Å². The molecule has 1 aromatic carbocycles. The second-order valence-electron chi connectivity index (χ2n) is 5.71. The first-order chi connectivity index (χ1) is 11.2. The van der Waals surface area contributed by atoms with Crippen molar-refractivity contribution in [3.8, 4) is 11.4 Å². The zero-order chi connectivity index (χ0) is 16.2. The number of piperidine rings is 1. The third-order valence-corrected chi connectivity index (χ3v) is 4.53. The molecule has 3 rings (SSSR count). The summed E-state index contributed by atoms with van der Waals surface area (Å²) in [5.41, 5.74) is 0.913. The summed E-state index contributed by atoms with van der Waals surface area (Å²) < 4.78 is 6.34. The van der Waals surface area contributed by atoms with Crippen molar-refractivity contribution in [3.05, 3.63) is 34.6 Å². The van der Waals surface area contributed by atoms with Crippen LogP contribution in [0.15, 0.2) is 33.3 Å². The molecule has 23 heavy (non-hydrogen) atoms. The molecule has 1 fully saturated rings. The number of benzene rings is 1. The molecule has 1 aromatic heterocycles. The first-order valence-electron chi connectivity index (χ1n) is 7.68. The molecule has 0 aliphatic carbocycles. The molecule has 122 valence electrons. The molecular formula is C16H19BrN4O2. The minimum atomic E-state index is 0.0428. The number of nitrogens with zero attached hydrogens (tertiary/aromatic N) is 3. The SMILES string of the molecule is CNC(=O)C1CCCN(Cc2nc(-c3cccc(Br)c3)no2)C1. The molecule has 1 atom stereocenters. The summed E-state index contributed by atoms with van der Waals surface area (Å²) >= 11 is 3.44. The number of likely N-dealkylation sites (tertiary alicyclic amines) is 1. The Kier molecular flexibility index (Phi) is 5.07. The quantitative estimate of drug-likeness (QED) is 0.884. The summed E-state index contributed by atoms with van der Waals surface area (Å²) in [5, 5.41) is 6.78. The van der Waals surface area contributed by atoms with Crippen LogP contribution in [0.2, 0.25) is 0 Å². The van der Waals surface area contributed by atoms with E-state index in [9.17, 15) is 4.79 Å². The number of nitrogens with one attached hydrogen (secondary N) is 1. The van der Waals surface area contributed by atoms with E-state index in [1.54, 1.807) is 7.05 Å². The maximum Gasteiger partial charge on any atom is 0.241 e. The van der Waals surface area contributed by atoms with Gasteiger partial charge >= 0.3 is 0 Å². The summed E-state index contributed by atoms with van der Waals surface area (Å²) in [7, 11) is 1.68. The third kappa shape index (κ3) is 3.97. The van der Waals surface area contributed by atoms with Crippen molar-refractivity contribution < 1.29 is 9.32 Å². The van der Waals surface area contributed by atoms with Crippen LogP contribution in [-0.2, 0) is 11.3 Å². The predicted molar refractivity (Wildman–Crippen MR) is 89.5 cm³/mol. The van der Waals surface area contributed by atoms with Crippen molar-refractivity contribution in [1.82, 2.24) is 20.4 Å². The van der Waals surface area contributed by atoms with Gasteiger partial charge in [-0.25, -0.2) is 0 Å². The van der Waals surface area contributed by atoms with Crippen LogP contribution >= 0.6 is 15.9 Å². The molecule has 1 aliphatic rings. The molecule has 0 radical (unpaired) electrons. The normalized spacial score (nSPS) is 18.8. The van der Waals surface area contributed by atoms with Crippen LogP contribution in [0.4, 0.5) is 0 Å². The zero-order valence-corrected chi connectivity index (χ0v) is 14.5. The van der Waals surface area contributed by atoms with Crippen molar-refractivity contribution in [2.24, 2.45) is 5.92 Å². The van der Waals surface area contributed by atoms with Crippen LogP contribution < -0.4 is 5.32 Å². The maximum absolute atomic E-state index is 11.8. The zero-order valence-electron chi connectivity index (χ0n) is 13.0. The molecule has 6 nitrogen and oxygen atoms in total. The van der Waals surface area contributed by atoms with E-state index in [0.717, 1.165) is 36.0 Å². The van der Waals surface area contributed by atoms with Gasteiger partial charge in [0, 0.05) is 23.6 Å². The lowest BCUT2D eigenvalue weighted by atomic mass is 9.97. The van der Waals surface area contributed by atoms with Crippen molar-refractivity contribution in [1.29, 1.82) is 0 Å². The number of hydrogen-bond acceptors (Lipinski definition) is 5. The molecule has 2 heterocycles. The van der Waals surface area contributed by atoms with Gasteiger partial charge in [-0.2, -0.15) is 4.98 Å². The Labute approximate surface area is 143 Å². The van der Waals surface area contributed by atoms with Crippen LogP contribution in [0.3, 0.4) is 0 Å². The lowest BCUT2D eigenvalue weighted by Crippen LogP contribution is -2.41. The molecule has 1 aliphatic heterocycles. The van der Waals surface area contributed by atoms with Crippen LogP contribution in [0.25, 0.3) is 11.4 Å². The molecule has 0 saturated carbocycles. The summed E-state index contributed by atoms with van der Waals surface area (Å²) in [6.07, 6.45) is 1.94. The molecule has 7 heteroatoms. The second kappa shape index (κ2) is 7.23. The van der Waals surface area contributed by atoms with Gasteiger partial charge in [-0.15, -0.1) is 0 Å². The van der Waals surface area contributed by atoms with Gasteiger partial charge < -0.3 is 9.84 Å². The third-order valence-electron chi connectivity index (χ3n) is 4.03. The standard InChI is InChI=1S/C16H19BrN4O2/c1-18-16(22)12-5-3-7-21(9-12)10-14-19-15(20-23-14)11-4-2-6-13(17)8-11/h2,4,6,8,12H,3,5,7,9-10H2,1H3,(H,18,22). The highest BCUT2D eigenvalue weighted by molar-refractivity contribution is 9.10. The number of carbonyl (C=O) groups is 1. The van der Waals surface area contributed by atoms with Gasteiger partial charge in [0.05, 0.1) is 12.5 Å². The fraction of sp³-hybridized carbons (Fsp3) is 0.438. The van der Waals surface area contributed by atoms with Gasteiger partial charge in [0.2, 0.25) is 17.6 Å². The van der Waals surface area contributed by atoms with E-state index in [2.05, 4.69) is 36.3 Å². The van der Waals surface area contributed by atoms with Crippen LogP contribution in [0, 0.1) is 5.92 Å². The maximum atomic E-state index is 11.8. The fourth-order valence-electron chi connectivity index (χ4n) is 2.87. The molecule has 1 unspecified atom stereocenters. The van der Waals surface area contributed by atoms with Crippen molar-refractivity contribution in [2.75, 3.05) is 20.1 Å². The minimum Gasteiger partial charge on any atom is -0.359 e. The van der Waals surface area contributed by atoms with Crippen molar-refractivity contribution >= 4 is 21.8 Å². The van der Waals surface area contributed by atoms with Crippen molar-refractivity contribution in [2.45, 2.75) is 19.4 Å². The van der Waals surface area contributed by atoms with Gasteiger partial charge in [0.1, 0.15) is 0 Å². The van der Waals surface area contributed by atoms with Crippen LogP contribution in [0.5, 0.6) is 0 Å². The number of aromatic nitrogens is 2. The lowest BCUT2D eigenvalue weighted by Gasteiger charge is -2.30. The fourth-order valence-corrected chi connectivity index (χ4v) is 3.27. The van der Waals surface area contributed by atoms with Gasteiger partial charge in [0.15, 0.2) is 0 Å². The van der Waals surface area contributed by atoms with E-state index in [4.69, 9.17) is 4.52 Å². The van der Waals surface area contributed by atoms with Gasteiger partial charge in [-0.05, 0) is 31.5 Å². The van der Waals surface area contributed by atoms with E-state index in [1.165, 1.54) is 0 Å². The molecule has 1 N–H and O–H groups in total. The summed E-state index contributed by atoms with van der Waals surface area (Å²) in [6, 6.07) is 7.80. The summed E-state index contributed by atoms with van der Waals surface area (Å²) in [5.74, 6) is 1.31. The van der Waals surface area contributed by atoms with E-state index in [1.807, 2.05) is 24.3 Å². The lowest BCUT2D eigenvalue weighted by molar-refractivity contribution is -0.126. The molecule has 0 bridgehead atoms. The van der Waals surface area contributed by atoms with Crippen LogP contribution in [-0.4, -0.2) is 41.1 Å². The molecule has 2 aromatic rings. The van der Waals surface area contributed by atoms with Gasteiger partial charge in [-0.1, -0.05) is 33.2 Å². The number of hydrogen-bond donors (Lipinski definition) is 1. The molecule has 0 spiro atoms. The van der Waals surface area contributed by atoms with E-state index in [-0.39, 0.29) is 11.8 Å². The first-order valence-corrected chi connectivity index (χ1v) is 8.47. The highest BCUT2D eigenvalue weighted by atomic mass is 79.9. The number of halogens is 1. The summed E-state index contributed by atoms with van der Waals surface area (Å²) in [4.78, 5) is 18.5. The van der Waals surface area contributed by atoms with E-state index in [0.29, 0.717) is 18.3 Å². The Morgan fingerprint density at radius 2 is 2.39 bits per heavy atom. The second-order valence-corrected chi connectivity index (χ2v) is 6.63. The largest absolute Gasteiger partial charge is 0.359 e. The Bertz CT molecular complexity index is 688. The van der Waals surface area contributed by atoms with E-state index >= 15 is 0 Å². The van der Waals surface area contributed by atoms with Gasteiger partial charge in [0.25, 0.3) is 0 Å². The highest BCUT2D eigenvalue weighted by Gasteiger charge is 2.26. The smallest absolute Gasteiger partial charge is 0.241 e. The van der Waals surface area contributed by atoms with Gasteiger partial charge in [-0.3, -0.25) is 9.69 Å². The number of rotatable bonds is 4. The first kappa shape index (κ1) is 16.1. The minimum absolute atomic E-state index is 0.0428. The van der Waals surface area contributed by atoms with E-state index < -0.39 is 0 Å². The Morgan fingerprint density at radius 1 is 1.52 bits per heavy atom. The average molecular weight is 379 g/mol. The van der Waals surface area contributed by atoms with Crippen molar-refractivity contribution in [3.63, 3.8) is 0 Å². The molecule has 1 saturated heterocycles. The monoisotopic (exact) mass is 378 g/mol. The number of carbonyl (C=O) groups excluding carboxylic acids is 1. The predicted octanol–water partition coefficient (Wildman–Crippen LogP) is 2.46. The molecular weight excluding hydrogens is 360 g/mol. The Morgan fingerprint density at radius 3 is 3.17 bits per heavy atom. The highest BCUT2D eigenvalue weighted by Crippen LogP contribution is 2.22. The Balaban J connectivity index is 1.66. The van der Waals surface area contributed by atoms with Crippen LogP contribution in [0.1, 0.15) is 18.7 Å². The Hall–Kier alpha value is -1.73. The average Bonchev–Trinajstić information content (AvgIpc) is 3.03. The number of amides is 1.